The van der Waals surface area contributed by atoms with E-state index in [1.165, 1.54) is 11.1 Å². The molecular formula is C10H14BrN. The summed E-state index contributed by atoms with van der Waals surface area (Å²) in [4.78, 5) is 0. The molecule has 0 aromatic heterocycles. The molecule has 0 spiro atoms. The zero-order valence-corrected chi connectivity index (χ0v) is 9.11. The second kappa shape index (κ2) is 3.94. The molecule has 0 saturated carbocycles. The maximum Gasteiger partial charge on any atom is 0.0491 e. The summed E-state index contributed by atoms with van der Waals surface area (Å²) < 4.78 is 1.03. The highest BCUT2D eigenvalue weighted by Gasteiger charge is 2.03. The van der Waals surface area contributed by atoms with Crippen molar-refractivity contribution in [3.8, 4) is 0 Å². The quantitative estimate of drug-likeness (QED) is 0.773. The highest BCUT2D eigenvalue weighted by Crippen LogP contribution is 2.25. The topological polar surface area (TPSA) is 26.0 Å². The summed E-state index contributed by atoms with van der Waals surface area (Å²) in [6, 6.07) is 4.27. The predicted molar refractivity (Wildman–Crippen MR) is 57.3 cm³/mol. The molecule has 12 heavy (non-hydrogen) atoms. The number of hydrogen-bond donors (Lipinski definition) is 1. The fourth-order valence-electron chi connectivity index (χ4n) is 1.23. The SMILES string of the molecule is CCc1cc(Br)c(N)c(CC)c1. The molecule has 0 aliphatic rings. The van der Waals surface area contributed by atoms with Crippen LogP contribution in [0.3, 0.4) is 0 Å². The van der Waals surface area contributed by atoms with Crippen LogP contribution in [-0.4, -0.2) is 0 Å². The van der Waals surface area contributed by atoms with Crippen molar-refractivity contribution in [2.75, 3.05) is 5.73 Å². The lowest BCUT2D eigenvalue weighted by Crippen LogP contribution is -1.96. The number of nitrogen functional groups attached to an aromatic ring is 1. The summed E-state index contributed by atoms with van der Waals surface area (Å²) in [7, 11) is 0. The number of aryl methyl sites for hydroxylation is 2. The van der Waals surface area contributed by atoms with Gasteiger partial charge in [-0.25, -0.2) is 0 Å². The van der Waals surface area contributed by atoms with E-state index in [1.54, 1.807) is 0 Å². The van der Waals surface area contributed by atoms with Crippen molar-refractivity contribution in [1.82, 2.24) is 0 Å². The third-order valence-corrected chi connectivity index (χ3v) is 2.72. The van der Waals surface area contributed by atoms with E-state index < -0.39 is 0 Å². The van der Waals surface area contributed by atoms with Crippen molar-refractivity contribution >= 4 is 21.6 Å². The molecule has 0 radical (unpaired) electrons. The maximum absolute atomic E-state index is 5.87. The summed E-state index contributed by atoms with van der Waals surface area (Å²) in [6.45, 7) is 4.27. The molecule has 0 aliphatic carbocycles. The molecule has 0 atom stereocenters. The Morgan fingerprint density at radius 3 is 2.42 bits per heavy atom. The Bertz CT molecular complexity index is 281. The highest BCUT2D eigenvalue weighted by molar-refractivity contribution is 9.10. The van der Waals surface area contributed by atoms with Gasteiger partial charge in [0.25, 0.3) is 0 Å². The van der Waals surface area contributed by atoms with Gasteiger partial charge >= 0.3 is 0 Å². The highest BCUT2D eigenvalue weighted by atomic mass is 79.9. The van der Waals surface area contributed by atoms with Crippen molar-refractivity contribution < 1.29 is 0 Å². The van der Waals surface area contributed by atoms with Gasteiger partial charge in [0, 0.05) is 10.2 Å². The first kappa shape index (κ1) is 9.59. The molecule has 0 fully saturated rings. The Kier molecular flexibility index (Phi) is 3.15. The van der Waals surface area contributed by atoms with E-state index in [4.69, 9.17) is 5.73 Å². The van der Waals surface area contributed by atoms with Gasteiger partial charge in [-0.1, -0.05) is 19.9 Å². The van der Waals surface area contributed by atoms with Gasteiger partial charge in [-0.05, 0) is 46.0 Å². The minimum atomic E-state index is 0.884. The smallest absolute Gasteiger partial charge is 0.0491 e. The minimum Gasteiger partial charge on any atom is -0.398 e. The number of hydrogen-bond acceptors (Lipinski definition) is 1. The molecule has 2 N–H and O–H groups in total. The third kappa shape index (κ3) is 1.81. The van der Waals surface area contributed by atoms with Crippen LogP contribution in [0.5, 0.6) is 0 Å². The van der Waals surface area contributed by atoms with E-state index in [-0.39, 0.29) is 0 Å². The Balaban J connectivity index is 3.19. The molecule has 0 saturated heterocycles. The average Bonchev–Trinajstić information content (AvgIpc) is 2.09. The number of rotatable bonds is 2. The zero-order valence-electron chi connectivity index (χ0n) is 7.52. The van der Waals surface area contributed by atoms with Gasteiger partial charge in [0.05, 0.1) is 0 Å². The van der Waals surface area contributed by atoms with Crippen LogP contribution in [0.1, 0.15) is 25.0 Å². The first-order valence-corrected chi connectivity index (χ1v) is 5.05. The second-order valence-electron chi connectivity index (χ2n) is 2.86. The van der Waals surface area contributed by atoms with E-state index in [9.17, 15) is 0 Å². The molecule has 1 rings (SSSR count). The molecule has 2 heteroatoms. The Morgan fingerprint density at radius 1 is 1.25 bits per heavy atom. The standard InChI is InChI=1S/C10H14BrN/c1-3-7-5-8(4-2)10(12)9(11)6-7/h5-6H,3-4,12H2,1-2H3. The van der Waals surface area contributed by atoms with Gasteiger partial charge in [0.2, 0.25) is 0 Å². The van der Waals surface area contributed by atoms with Crippen LogP contribution in [0.2, 0.25) is 0 Å². The van der Waals surface area contributed by atoms with E-state index in [0.717, 1.165) is 23.0 Å². The van der Waals surface area contributed by atoms with Crippen LogP contribution in [0.15, 0.2) is 16.6 Å². The van der Waals surface area contributed by atoms with E-state index in [1.807, 2.05) is 0 Å². The van der Waals surface area contributed by atoms with Gasteiger partial charge in [-0.15, -0.1) is 0 Å². The molecule has 1 aromatic carbocycles. The first-order valence-electron chi connectivity index (χ1n) is 4.25. The van der Waals surface area contributed by atoms with E-state index >= 15 is 0 Å². The lowest BCUT2D eigenvalue weighted by Gasteiger charge is -2.07. The summed E-state index contributed by atoms with van der Waals surface area (Å²) >= 11 is 3.45. The molecule has 1 nitrogen and oxygen atoms in total. The fraction of sp³-hybridized carbons (Fsp3) is 0.400. The van der Waals surface area contributed by atoms with Crippen LogP contribution >= 0.6 is 15.9 Å². The molecular weight excluding hydrogens is 214 g/mol. The van der Waals surface area contributed by atoms with Gasteiger partial charge in [0.1, 0.15) is 0 Å². The molecule has 0 amide bonds. The van der Waals surface area contributed by atoms with Crippen LogP contribution in [0, 0.1) is 0 Å². The van der Waals surface area contributed by atoms with E-state index in [0.29, 0.717) is 0 Å². The molecule has 0 bridgehead atoms. The van der Waals surface area contributed by atoms with Crippen LogP contribution < -0.4 is 5.73 Å². The van der Waals surface area contributed by atoms with Gasteiger partial charge in [-0.3, -0.25) is 0 Å². The second-order valence-corrected chi connectivity index (χ2v) is 3.71. The molecule has 0 heterocycles. The minimum absolute atomic E-state index is 0.884. The van der Waals surface area contributed by atoms with Crippen LogP contribution in [0.4, 0.5) is 5.69 Å². The molecule has 0 unspecified atom stereocenters. The summed E-state index contributed by atoms with van der Waals surface area (Å²) in [5.74, 6) is 0. The van der Waals surface area contributed by atoms with Crippen LogP contribution in [-0.2, 0) is 12.8 Å². The lowest BCUT2D eigenvalue weighted by atomic mass is 10.1. The normalized spacial score (nSPS) is 10.2. The first-order chi connectivity index (χ1) is 5.69. The average molecular weight is 228 g/mol. The largest absolute Gasteiger partial charge is 0.398 e. The lowest BCUT2D eigenvalue weighted by molar-refractivity contribution is 1.09. The third-order valence-electron chi connectivity index (χ3n) is 2.06. The van der Waals surface area contributed by atoms with Crippen molar-refractivity contribution in [1.29, 1.82) is 0 Å². The number of benzene rings is 1. The summed E-state index contributed by atoms with van der Waals surface area (Å²) in [5.41, 5.74) is 9.33. The summed E-state index contributed by atoms with van der Waals surface area (Å²) in [6.07, 6.45) is 2.06. The Hall–Kier alpha value is -0.500. The number of anilines is 1. The molecule has 0 aliphatic heterocycles. The van der Waals surface area contributed by atoms with Gasteiger partial charge < -0.3 is 5.73 Å². The monoisotopic (exact) mass is 227 g/mol. The Morgan fingerprint density at radius 2 is 1.92 bits per heavy atom. The predicted octanol–water partition coefficient (Wildman–Crippen LogP) is 3.16. The van der Waals surface area contributed by atoms with Crippen molar-refractivity contribution in [2.45, 2.75) is 26.7 Å². The van der Waals surface area contributed by atoms with Gasteiger partial charge in [0.15, 0.2) is 0 Å². The van der Waals surface area contributed by atoms with E-state index in [2.05, 4.69) is 41.9 Å². The number of halogens is 1. The fourth-order valence-corrected chi connectivity index (χ4v) is 1.78. The Labute approximate surface area is 82.1 Å². The molecule has 66 valence electrons. The van der Waals surface area contributed by atoms with Crippen LogP contribution in [0.25, 0.3) is 0 Å². The zero-order chi connectivity index (χ0) is 9.14. The van der Waals surface area contributed by atoms with Crippen molar-refractivity contribution in [2.24, 2.45) is 0 Å². The molecule has 1 aromatic rings. The number of nitrogens with two attached hydrogens (primary N) is 1. The van der Waals surface area contributed by atoms with Gasteiger partial charge in [-0.2, -0.15) is 0 Å². The van der Waals surface area contributed by atoms with Crippen molar-refractivity contribution in [3.63, 3.8) is 0 Å². The summed E-state index contributed by atoms with van der Waals surface area (Å²) in [5, 5.41) is 0. The maximum atomic E-state index is 5.87. The van der Waals surface area contributed by atoms with Crippen molar-refractivity contribution in [3.05, 3.63) is 27.7 Å².